The van der Waals surface area contributed by atoms with Crippen LogP contribution in [0.25, 0.3) is 0 Å². The van der Waals surface area contributed by atoms with E-state index in [0.29, 0.717) is 12.3 Å². The average molecular weight is 256 g/mol. The van der Waals surface area contributed by atoms with Crippen molar-refractivity contribution in [3.63, 3.8) is 0 Å². The highest BCUT2D eigenvalue weighted by atomic mass is 16.5. The molecule has 0 spiro atoms. The van der Waals surface area contributed by atoms with Crippen molar-refractivity contribution in [1.29, 1.82) is 0 Å². The Kier molecular flexibility index (Phi) is 6.18. The topological polar surface area (TPSA) is 84.5 Å². The molecule has 0 bridgehead atoms. The molecular formula is C12H20N2O4. The van der Waals surface area contributed by atoms with Crippen LogP contribution in [0.5, 0.6) is 0 Å². The van der Waals surface area contributed by atoms with Gasteiger partial charge in [0.15, 0.2) is 6.61 Å². The van der Waals surface area contributed by atoms with E-state index in [9.17, 15) is 14.4 Å². The van der Waals surface area contributed by atoms with Gasteiger partial charge in [-0.25, -0.2) is 4.79 Å². The molecule has 18 heavy (non-hydrogen) atoms. The molecule has 1 aliphatic carbocycles. The Labute approximate surface area is 106 Å². The Morgan fingerprint density at radius 3 is 2.44 bits per heavy atom. The minimum absolute atomic E-state index is 0.367. The van der Waals surface area contributed by atoms with Gasteiger partial charge < -0.3 is 10.1 Å². The minimum Gasteiger partial charge on any atom is -0.456 e. The Bertz CT molecular complexity index is 311. The van der Waals surface area contributed by atoms with Gasteiger partial charge in [0.1, 0.15) is 0 Å². The lowest BCUT2D eigenvalue weighted by Gasteiger charge is -2.20. The van der Waals surface area contributed by atoms with E-state index in [4.69, 9.17) is 4.74 Å². The zero-order chi connectivity index (χ0) is 13.4. The number of hydrogen-bond acceptors (Lipinski definition) is 4. The number of amides is 3. The number of nitrogens with one attached hydrogen (secondary N) is 2. The van der Waals surface area contributed by atoms with Crippen molar-refractivity contribution in [2.75, 3.05) is 13.7 Å². The first-order valence-electron chi connectivity index (χ1n) is 6.29. The first kappa shape index (κ1) is 14.5. The molecule has 3 amide bonds. The molecule has 0 unspecified atom stereocenters. The molecule has 0 atom stereocenters. The molecule has 1 rings (SSSR count). The Morgan fingerprint density at radius 2 is 1.83 bits per heavy atom. The second-order valence-corrected chi connectivity index (χ2v) is 4.50. The predicted octanol–water partition coefficient (Wildman–Crippen LogP) is 0.956. The fourth-order valence-electron chi connectivity index (χ4n) is 2.06. The maximum absolute atomic E-state index is 11.5. The van der Waals surface area contributed by atoms with Crippen LogP contribution in [0.4, 0.5) is 4.79 Å². The smallest absolute Gasteiger partial charge is 0.321 e. The Hall–Kier alpha value is -1.59. The highest BCUT2D eigenvalue weighted by Gasteiger charge is 2.18. The highest BCUT2D eigenvalue weighted by molar-refractivity contribution is 5.95. The van der Waals surface area contributed by atoms with E-state index in [-0.39, 0.29) is 5.97 Å². The van der Waals surface area contributed by atoms with E-state index in [1.54, 1.807) is 0 Å². The van der Waals surface area contributed by atoms with Gasteiger partial charge in [-0.15, -0.1) is 0 Å². The molecule has 0 radical (unpaired) electrons. The Morgan fingerprint density at radius 1 is 1.17 bits per heavy atom. The molecule has 0 aliphatic heterocycles. The van der Waals surface area contributed by atoms with Crippen molar-refractivity contribution in [2.45, 2.75) is 38.5 Å². The first-order valence-corrected chi connectivity index (χ1v) is 6.29. The number of carbonyl (C=O) groups is 3. The zero-order valence-corrected chi connectivity index (χ0v) is 10.7. The van der Waals surface area contributed by atoms with Gasteiger partial charge in [0.25, 0.3) is 5.91 Å². The number of urea groups is 1. The summed E-state index contributed by atoms with van der Waals surface area (Å²) in [6, 6.07) is -0.608. The maximum Gasteiger partial charge on any atom is 0.321 e. The number of imide groups is 1. The van der Waals surface area contributed by atoms with Crippen molar-refractivity contribution >= 4 is 17.9 Å². The van der Waals surface area contributed by atoms with Crippen LogP contribution >= 0.6 is 0 Å². The van der Waals surface area contributed by atoms with Gasteiger partial charge in [-0.3, -0.25) is 14.9 Å². The molecule has 0 saturated heterocycles. The first-order chi connectivity index (χ1) is 8.61. The molecule has 1 fully saturated rings. The number of ether oxygens (including phenoxy) is 1. The van der Waals surface area contributed by atoms with Crippen LogP contribution < -0.4 is 10.6 Å². The number of carbonyl (C=O) groups excluding carboxylic acids is 3. The lowest BCUT2D eigenvalue weighted by atomic mass is 9.87. The third kappa shape index (κ3) is 5.65. The highest BCUT2D eigenvalue weighted by Crippen LogP contribution is 2.26. The summed E-state index contributed by atoms with van der Waals surface area (Å²) in [5.41, 5.74) is 0. The predicted molar refractivity (Wildman–Crippen MR) is 64.7 cm³/mol. The van der Waals surface area contributed by atoms with Gasteiger partial charge in [0.05, 0.1) is 0 Å². The summed E-state index contributed by atoms with van der Waals surface area (Å²) in [5, 5.41) is 4.26. The number of hydrogen-bond donors (Lipinski definition) is 2. The second-order valence-electron chi connectivity index (χ2n) is 4.50. The van der Waals surface area contributed by atoms with Crippen LogP contribution in [0.2, 0.25) is 0 Å². The van der Waals surface area contributed by atoms with Crippen LogP contribution in [0.15, 0.2) is 0 Å². The fourth-order valence-corrected chi connectivity index (χ4v) is 2.06. The average Bonchev–Trinajstić information content (AvgIpc) is 2.37. The van der Waals surface area contributed by atoms with Crippen molar-refractivity contribution < 1.29 is 19.1 Å². The van der Waals surface area contributed by atoms with E-state index in [1.165, 1.54) is 13.5 Å². The Balaban J connectivity index is 2.15. The normalized spacial score (nSPS) is 15.8. The zero-order valence-electron chi connectivity index (χ0n) is 10.7. The molecule has 6 heteroatoms. The monoisotopic (exact) mass is 256 g/mol. The molecule has 1 aliphatic rings. The third-order valence-corrected chi connectivity index (χ3v) is 3.02. The van der Waals surface area contributed by atoms with E-state index in [0.717, 1.165) is 25.7 Å². The summed E-state index contributed by atoms with van der Waals surface area (Å²) >= 11 is 0. The van der Waals surface area contributed by atoms with Crippen molar-refractivity contribution in [3.05, 3.63) is 0 Å². The number of rotatable bonds is 4. The van der Waals surface area contributed by atoms with Crippen LogP contribution in [-0.2, 0) is 14.3 Å². The van der Waals surface area contributed by atoms with Crippen molar-refractivity contribution in [1.82, 2.24) is 10.6 Å². The largest absolute Gasteiger partial charge is 0.456 e. The standard InChI is InChI=1S/C12H20N2O4/c1-13-12(17)14-10(15)8-18-11(16)7-9-5-3-2-4-6-9/h9H,2-8H2,1H3,(H2,13,14,15,17). The SMILES string of the molecule is CNC(=O)NC(=O)COC(=O)CC1CCCCC1. The fraction of sp³-hybridized carbons (Fsp3) is 0.750. The third-order valence-electron chi connectivity index (χ3n) is 3.02. The lowest BCUT2D eigenvalue weighted by molar-refractivity contribution is -0.149. The quantitative estimate of drug-likeness (QED) is 0.734. The molecule has 0 aromatic carbocycles. The molecule has 0 aromatic heterocycles. The number of esters is 1. The van der Waals surface area contributed by atoms with Crippen LogP contribution in [0.3, 0.4) is 0 Å². The van der Waals surface area contributed by atoms with Crippen LogP contribution in [-0.4, -0.2) is 31.6 Å². The van der Waals surface area contributed by atoms with Gasteiger partial charge >= 0.3 is 12.0 Å². The van der Waals surface area contributed by atoms with Gasteiger partial charge in [-0.2, -0.15) is 0 Å². The van der Waals surface area contributed by atoms with Gasteiger partial charge in [-0.05, 0) is 18.8 Å². The molecule has 1 saturated carbocycles. The van der Waals surface area contributed by atoms with E-state index >= 15 is 0 Å². The summed E-state index contributed by atoms with van der Waals surface area (Å²) in [6.45, 7) is -0.404. The summed E-state index contributed by atoms with van der Waals surface area (Å²) in [6.07, 6.45) is 6.04. The summed E-state index contributed by atoms with van der Waals surface area (Å²) in [7, 11) is 1.40. The van der Waals surface area contributed by atoms with Gasteiger partial charge in [-0.1, -0.05) is 19.3 Å². The summed E-state index contributed by atoms with van der Waals surface area (Å²) in [5.74, 6) is -0.603. The minimum atomic E-state index is -0.619. The van der Waals surface area contributed by atoms with Gasteiger partial charge in [0.2, 0.25) is 0 Å². The van der Waals surface area contributed by atoms with Crippen molar-refractivity contribution in [2.24, 2.45) is 5.92 Å². The second kappa shape index (κ2) is 7.68. The maximum atomic E-state index is 11.5. The molecule has 0 heterocycles. The van der Waals surface area contributed by atoms with Crippen LogP contribution in [0, 0.1) is 5.92 Å². The molecule has 2 N–H and O–H groups in total. The summed E-state index contributed by atoms with van der Waals surface area (Å²) < 4.78 is 4.82. The molecule has 6 nitrogen and oxygen atoms in total. The van der Waals surface area contributed by atoms with E-state index < -0.39 is 18.5 Å². The summed E-state index contributed by atoms with van der Waals surface area (Å²) in [4.78, 5) is 33.4. The molecular weight excluding hydrogens is 236 g/mol. The van der Waals surface area contributed by atoms with Gasteiger partial charge in [0, 0.05) is 13.5 Å². The van der Waals surface area contributed by atoms with Crippen molar-refractivity contribution in [3.8, 4) is 0 Å². The van der Waals surface area contributed by atoms with Crippen LogP contribution in [0.1, 0.15) is 38.5 Å². The lowest BCUT2D eigenvalue weighted by Crippen LogP contribution is -2.39. The molecule has 0 aromatic rings. The molecule has 102 valence electrons. The van der Waals surface area contributed by atoms with E-state index in [1.807, 2.05) is 5.32 Å². The van der Waals surface area contributed by atoms with E-state index in [2.05, 4.69) is 5.32 Å².